The number of nitrogens with zero attached hydrogens (tertiary/aromatic N) is 2. The summed E-state index contributed by atoms with van der Waals surface area (Å²) in [5.74, 6) is 0.582. The molecule has 6 nitrogen and oxygen atoms in total. The van der Waals surface area contributed by atoms with Gasteiger partial charge in [-0.1, -0.05) is 23.8 Å². The normalized spacial score (nSPS) is 14.5. The number of hydrogen-bond donors (Lipinski definition) is 1. The van der Waals surface area contributed by atoms with Crippen LogP contribution in [0.25, 0.3) is 0 Å². The molecule has 148 valence electrons. The van der Waals surface area contributed by atoms with E-state index >= 15 is 0 Å². The molecule has 0 aromatic heterocycles. The van der Waals surface area contributed by atoms with Crippen LogP contribution in [0.2, 0.25) is 0 Å². The average molecular weight is 382 g/mol. The van der Waals surface area contributed by atoms with Gasteiger partial charge in [-0.15, -0.1) is 0 Å². The van der Waals surface area contributed by atoms with Gasteiger partial charge in [0.2, 0.25) is 0 Å². The lowest BCUT2D eigenvalue weighted by Crippen LogP contribution is -2.39. The van der Waals surface area contributed by atoms with E-state index in [1.54, 1.807) is 21.9 Å². The third-order valence-corrected chi connectivity index (χ3v) is 4.91. The maximum atomic E-state index is 12.6. The molecular formula is C22H26N2O4. The smallest absolute Gasteiger partial charge is 0.260 e. The van der Waals surface area contributed by atoms with Crippen LogP contribution in [0.1, 0.15) is 27.9 Å². The SMILES string of the molecule is Cc1ccc(OCC(=O)N2CCCN(C(=O)c3cccc(O)c3)CC2)c(C)c1. The molecule has 1 fully saturated rings. The van der Waals surface area contributed by atoms with E-state index in [0.717, 1.165) is 16.9 Å². The number of aromatic hydroxyl groups is 1. The van der Waals surface area contributed by atoms with E-state index in [1.165, 1.54) is 12.1 Å². The number of ether oxygens (including phenoxy) is 1. The summed E-state index contributed by atoms with van der Waals surface area (Å²) < 4.78 is 5.70. The number of rotatable bonds is 4. The Bertz CT molecular complexity index is 865. The lowest BCUT2D eigenvalue weighted by molar-refractivity contribution is -0.133. The first-order valence-corrected chi connectivity index (χ1v) is 9.50. The van der Waals surface area contributed by atoms with Gasteiger partial charge in [-0.3, -0.25) is 9.59 Å². The Hall–Kier alpha value is -3.02. The van der Waals surface area contributed by atoms with E-state index in [9.17, 15) is 14.7 Å². The second kappa shape index (κ2) is 8.78. The first-order valence-electron chi connectivity index (χ1n) is 9.50. The summed E-state index contributed by atoms with van der Waals surface area (Å²) in [5, 5.41) is 9.58. The van der Waals surface area contributed by atoms with Crippen LogP contribution in [-0.4, -0.2) is 59.5 Å². The van der Waals surface area contributed by atoms with Gasteiger partial charge in [-0.25, -0.2) is 0 Å². The van der Waals surface area contributed by atoms with Gasteiger partial charge in [-0.2, -0.15) is 0 Å². The number of aryl methyl sites for hydroxylation is 2. The molecular weight excluding hydrogens is 356 g/mol. The van der Waals surface area contributed by atoms with Crippen molar-refractivity contribution >= 4 is 11.8 Å². The number of carbonyl (C=O) groups excluding carboxylic acids is 2. The highest BCUT2D eigenvalue weighted by molar-refractivity contribution is 5.94. The molecule has 2 amide bonds. The predicted octanol–water partition coefficient (Wildman–Crippen LogP) is 2.76. The van der Waals surface area contributed by atoms with Gasteiger partial charge in [0.1, 0.15) is 11.5 Å². The van der Waals surface area contributed by atoms with E-state index in [-0.39, 0.29) is 24.2 Å². The second-order valence-corrected chi connectivity index (χ2v) is 7.13. The molecule has 0 bridgehead atoms. The van der Waals surface area contributed by atoms with Crippen LogP contribution < -0.4 is 4.74 Å². The number of phenolic OH excluding ortho intramolecular Hbond substituents is 1. The summed E-state index contributed by atoms with van der Waals surface area (Å²) >= 11 is 0. The van der Waals surface area contributed by atoms with Gasteiger partial charge < -0.3 is 19.6 Å². The van der Waals surface area contributed by atoms with Crippen molar-refractivity contribution in [2.45, 2.75) is 20.3 Å². The van der Waals surface area contributed by atoms with Crippen molar-refractivity contribution in [2.24, 2.45) is 0 Å². The van der Waals surface area contributed by atoms with Crippen LogP contribution in [0.15, 0.2) is 42.5 Å². The van der Waals surface area contributed by atoms with Crippen molar-refractivity contribution in [3.8, 4) is 11.5 Å². The molecule has 2 aromatic rings. The van der Waals surface area contributed by atoms with Crippen LogP contribution in [-0.2, 0) is 4.79 Å². The summed E-state index contributed by atoms with van der Waals surface area (Å²) in [4.78, 5) is 28.7. The number of phenols is 1. The highest BCUT2D eigenvalue weighted by Gasteiger charge is 2.23. The van der Waals surface area contributed by atoms with Gasteiger partial charge in [0.15, 0.2) is 6.61 Å². The third kappa shape index (κ3) is 4.82. The van der Waals surface area contributed by atoms with E-state index in [1.807, 2.05) is 32.0 Å². The quantitative estimate of drug-likeness (QED) is 0.883. The third-order valence-electron chi connectivity index (χ3n) is 4.91. The predicted molar refractivity (Wildman–Crippen MR) is 107 cm³/mol. The van der Waals surface area contributed by atoms with Crippen molar-refractivity contribution in [3.63, 3.8) is 0 Å². The molecule has 0 aliphatic carbocycles. The highest BCUT2D eigenvalue weighted by Crippen LogP contribution is 2.19. The molecule has 1 aliphatic heterocycles. The zero-order chi connectivity index (χ0) is 20.1. The first kappa shape index (κ1) is 19.7. The fourth-order valence-corrected chi connectivity index (χ4v) is 3.38. The minimum absolute atomic E-state index is 0.00952. The maximum absolute atomic E-state index is 12.6. The second-order valence-electron chi connectivity index (χ2n) is 7.13. The van der Waals surface area contributed by atoms with Crippen LogP contribution in [0, 0.1) is 13.8 Å². The Balaban J connectivity index is 1.55. The Kier molecular flexibility index (Phi) is 6.19. The molecule has 3 rings (SSSR count). The zero-order valence-electron chi connectivity index (χ0n) is 16.4. The van der Waals surface area contributed by atoms with E-state index in [0.29, 0.717) is 38.2 Å². The molecule has 6 heteroatoms. The van der Waals surface area contributed by atoms with Crippen molar-refractivity contribution in [1.29, 1.82) is 0 Å². The molecule has 0 atom stereocenters. The van der Waals surface area contributed by atoms with Crippen molar-refractivity contribution in [3.05, 3.63) is 59.2 Å². The first-order chi connectivity index (χ1) is 13.4. The van der Waals surface area contributed by atoms with Gasteiger partial charge in [-0.05, 0) is 50.1 Å². The van der Waals surface area contributed by atoms with Gasteiger partial charge >= 0.3 is 0 Å². The molecule has 0 spiro atoms. The van der Waals surface area contributed by atoms with Crippen molar-refractivity contribution < 1.29 is 19.4 Å². The Labute approximate surface area is 165 Å². The van der Waals surface area contributed by atoms with E-state index in [4.69, 9.17) is 4.74 Å². The van der Waals surface area contributed by atoms with E-state index < -0.39 is 0 Å². The number of benzene rings is 2. The summed E-state index contributed by atoms with van der Waals surface area (Å²) in [6.45, 7) is 6.08. The highest BCUT2D eigenvalue weighted by atomic mass is 16.5. The van der Waals surface area contributed by atoms with Crippen molar-refractivity contribution in [2.75, 3.05) is 32.8 Å². The molecule has 1 saturated heterocycles. The standard InChI is InChI=1S/C22H26N2O4/c1-16-7-8-20(17(2)13-16)28-15-21(26)23-9-4-10-24(12-11-23)22(27)18-5-3-6-19(25)14-18/h3,5-8,13-14,25H,4,9-12,15H2,1-2H3. The van der Waals surface area contributed by atoms with Crippen LogP contribution >= 0.6 is 0 Å². The molecule has 1 heterocycles. The van der Waals surface area contributed by atoms with Gasteiger partial charge in [0, 0.05) is 31.7 Å². The number of hydrogen-bond acceptors (Lipinski definition) is 4. The summed E-state index contributed by atoms with van der Waals surface area (Å²) in [7, 11) is 0. The molecule has 28 heavy (non-hydrogen) atoms. The van der Waals surface area contributed by atoms with Gasteiger partial charge in [0.25, 0.3) is 11.8 Å². The Morgan fingerprint density at radius 3 is 2.50 bits per heavy atom. The van der Waals surface area contributed by atoms with E-state index in [2.05, 4.69) is 0 Å². The number of amides is 2. The summed E-state index contributed by atoms with van der Waals surface area (Å²) in [5.41, 5.74) is 2.62. The fourth-order valence-electron chi connectivity index (χ4n) is 3.38. The van der Waals surface area contributed by atoms with Crippen LogP contribution in [0.3, 0.4) is 0 Å². The monoisotopic (exact) mass is 382 g/mol. The Morgan fingerprint density at radius 1 is 1.00 bits per heavy atom. The molecule has 1 aliphatic rings. The lowest BCUT2D eigenvalue weighted by atomic mass is 10.1. The fraction of sp³-hybridized carbons (Fsp3) is 0.364. The van der Waals surface area contributed by atoms with Crippen LogP contribution in [0.5, 0.6) is 11.5 Å². The van der Waals surface area contributed by atoms with Crippen LogP contribution in [0.4, 0.5) is 0 Å². The summed E-state index contributed by atoms with van der Waals surface area (Å²) in [6, 6.07) is 12.2. The largest absolute Gasteiger partial charge is 0.508 e. The molecule has 1 N–H and O–H groups in total. The zero-order valence-corrected chi connectivity index (χ0v) is 16.4. The Morgan fingerprint density at radius 2 is 1.75 bits per heavy atom. The van der Waals surface area contributed by atoms with Crippen molar-refractivity contribution in [1.82, 2.24) is 9.80 Å². The van der Waals surface area contributed by atoms with Gasteiger partial charge in [0.05, 0.1) is 0 Å². The average Bonchev–Trinajstić information content (AvgIpc) is 2.93. The molecule has 2 aromatic carbocycles. The molecule has 0 saturated carbocycles. The topological polar surface area (TPSA) is 70.1 Å². The lowest BCUT2D eigenvalue weighted by Gasteiger charge is -2.22. The summed E-state index contributed by atoms with van der Waals surface area (Å²) in [6.07, 6.45) is 0.708. The minimum Gasteiger partial charge on any atom is -0.508 e. The minimum atomic E-state index is -0.128. The molecule has 0 unspecified atom stereocenters. The number of carbonyl (C=O) groups is 2. The maximum Gasteiger partial charge on any atom is 0.260 e. The molecule has 0 radical (unpaired) electrons.